The highest BCUT2D eigenvalue weighted by Gasteiger charge is 2.22. The minimum Gasteiger partial charge on any atom is -0.493 e. The van der Waals surface area contributed by atoms with Gasteiger partial charge >= 0.3 is 0 Å². The molecule has 0 aliphatic carbocycles. The number of fused-ring (bicyclic) bond motifs is 1. The zero-order chi connectivity index (χ0) is 24.1. The Hall–Kier alpha value is -3.80. The number of nitrogens with one attached hydrogen (secondary N) is 1. The van der Waals surface area contributed by atoms with Crippen LogP contribution in [0.25, 0.3) is 10.9 Å². The fourth-order valence-corrected chi connectivity index (χ4v) is 4.39. The lowest BCUT2D eigenvalue weighted by atomic mass is 9.88. The van der Waals surface area contributed by atoms with Crippen molar-refractivity contribution in [3.63, 3.8) is 0 Å². The number of amides is 1. The molecule has 1 N–H and O–H groups in total. The maximum absolute atomic E-state index is 13.6. The van der Waals surface area contributed by atoms with Crippen molar-refractivity contribution in [3.8, 4) is 11.5 Å². The van der Waals surface area contributed by atoms with E-state index in [4.69, 9.17) is 9.47 Å². The molecule has 4 aromatic rings. The summed E-state index contributed by atoms with van der Waals surface area (Å²) in [7, 11) is 5.20. The zero-order valence-corrected chi connectivity index (χ0v) is 19.7. The molecule has 34 heavy (non-hydrogen) atoms. The number of hydrogen-bond acceptors (Lipinski definition) is 3. The topological polar surface area (TPSA) is 52.5 Å². The summed E-state index contributed by atoms with van der Waals surface area (Å²) < 4.78 is 26.3. The van der Waals surface area contributed by atoms with Gasteiger partial charge < -0.3 is 19.4 Å². The van der Waals surface area contributed by atoms with E-state index in [2.05, 4.69) is 28.2 Å². The van der Waals surface area contributed by atoms with Crippen molar-refractivity contribution >= 4 is 16.8 Å². The molecule has 5 nitrogen and oxygen atoms in total. The fourth-order valence-electron chi connectivity index (χ4n) is 4.39. The van der Waals surface area contributed by atoms with Gasteiger partial charge in [0.05, 0.1) is 14.2 Å². The first-order valence-electron chi connectivity index (χ1n) is 11.3. The first-order valence-corrected chi connectivity index (χ1v) is 11.3. The van der Waals surface area contributed by atoms with Crippen molar-refractivity contribution in [3.05, 3.63) is 95.4 Å². The third-order valence-electron chi connectivity index (χ3n) is 6.15. The lowest BCUT2D eigenvalue weighted by Crippen LogP contribution is -2.27. The van der Waals surface area contributed by atoms with Gasteiger partial charge in [-0.2, -0.15) is 0 Å². The van der Waals surface area contributed by atoms with Crippen molar-refractivity contribution in [1.82, 2.24) is 9.88 Å². The molecule has 0 radical (unpaired) electrons. The molecule has 1 unspecified atom stereocenters. The van der Waals surface area contributed by atoms with E-state index < -0.39 is 0 Å². The Morgan fingerprint density at radius 1 is 1.00 bits per heavy atom. The van der Waals surface area contributed by atoms with E-state index >= 15 is 0 Å². The predicted molar refractivity (Wildman–Crippen MR) is 132 cm³/mol. The van der Waals surface area contributed by atoms with Crippen LogP contribution in [0.15, 0.2) is 72.9 Å². The van der Waals surface area contributed by atoms with Gasteiger partial charge in [-0.15, -0.1) is 0 Å². The average molecular weight is 461 g/mol. The molecule has 3 aromatic carbocycles. The second-order valence-electron chi connectivity index (χ2n) is 8.31. The number of ether oxygens (including phenoxy) is 2. The summed E-state index contributed by atoms with van der Waals surface area (Å²) in [6, 6.07) is 20.3. The Morgan fingerprint density at radius 3 is 2.47 bits per heavy atom. The van der Waals surface area contributed by atoms with Gasteiger partial charge in [-0.25, -0.2) is 4.39 Å². The van der Waals surface area contributed by atoms with Crippen LogP contribution in [0.5, 0.6) is 11.5 Å². The van der Waals surface area contributed by atoms with Crippen LogP contribution in [0, 0.1) is 5.82 Å². The van der Waals surface area contributed by atoms with Crippen LogP contribution < -0.4 is 14.8 Å². The Morgan fingerprint density at radius 2 is 1.74 bits per heavy atom. The summed E-state index contributed by atoms with van der Waals surface area (Å²) in [4.78, 5) is 13.0. The highest BCUT2D eigenvalue weighted by Crippen LogP contribution is 2.34. The van der Waals surface area contributed by atoms with Crippen LogP contribution >= 0.6 is 0 Å². The molecule has 1 amide bonds. The maximum atomic E-state index is 13.6. The number of carbonyl (C=O) groups is 1. The number of nitrogens with zero attached hydrogens (tertiary/aromatic N) is 1. The van der Waals surface area contributed by atoms with Crippen molar-refractivity contribution in [2.75, 3.05) is 20.8 Å². The molecule has 0 aliphatic rings. The highest BCUT2D eigenvalue weighted by atomic mass is 19.1. The van der Waals surface area contributed by atoms with Gasteiger partial charge in [0.25, 0.3) is 0 Å². The molecule has 1 aromatic heterocycles. The number of aromatic nitrogens is 1. The van der Waals surface area contributed by atoms with Crippen molar-refractivity contribution in [2.45, 2.75) is 18.8 Å². The van der Waals surface area contributed by atoms with E-state index in [-0.39, 0.29) is 24.1 Å². The quantitative estimate of drug-likeness (QED) is 0.373. The first kappa shape index (κ1) is 23.4. The van der Waals surface area contributed by atoms with Gasteiger partial charge in [-0.1, -0.05) is 36.4 Å². The molecule has 0 bridgehead atoms. The number of rotatable bonds is 9. The number of benzene rings is 3. The third kappa shape index (κ3) is 5.06. The molecule has 176 valence electrons. The van der Waals surface area contributed by atoms with E-state index in [1.807, 2.05) is 37.4 Å². The lowest BCUT2D eigenvalue weighted by Gasteiger charge is -2.17. The molecular weight excluding hydrogens is 431 g/mol. The Labute approximate surface area is 199 Å². The van der Waals surface area contributed by atoms with E-state index in [9.17, 15) is 9.18 Å². The van der Waals surface area contributed by atoms with Gasteiger partial charge in [-0.3, -0.25) is 4.79 Å². The molecule has 0 fully saturated rings. The van der Waals surface area contributed by atoms with Crippen LogP contribution in [0.4, 0.5) is 4.39 Å². The molecule has 0 spiro atoms. The predicted octanol–water partition coefficient (Wildman–Crippen LogP) is 5.22. The fraction of sp³-hybridized carbons (Fsp3) is 0.250. The van der Waals surface area contributed by atoms with Crippen molar-refractivity contribution in [2.24, 2.45) is 7.05 Å². The summed E-state index contributed by atoms with van der Waals surface area (Å²) in [6.07, 6.45) is 3.00. The Kier molecular flexibility index (Phi) is 7.16. The number of methoxy groups -OCH3 is 2. The smallest absolute Gasteiger partial charge is 0.220 e. The second-order valence-corrected chi connectivity index (χ2v) is 8.31. The summed E-state index contributed by atoms with van der Waals surface area (Å²) in [5, 5.41) is 4.14. The molecular formula is C28H29FN2O3. The van der Waals surface area contributed by atoms with Crippen LogP contribution in [0.2, 0.25) is 0 Å². The van der Waals surface area contributed by atoms with E-state index in [1.54, 1.807) is 26.4 Å². The first-order chi connectivity index (χ1) is 16.5. The summed E-state index contributed by atoms with van der Waals surface area (Å²) in [5.41, 5.74) is 4.10. The number of carbonyl (C=O) groups excluding carboxylic acids is 1. The molecule has 0 saturated carbocycles. The lowest BCUT2D eigenvalue weighted by molar-refractivity contribution is -0.121. The number of hydrogen-bond donors (Lipinski definition) is 1. The normalized spacial score (nSPS) is 11.9. The van der Waals surface area contributed by atoms with E-state index in [1.165, 1.54) is 12.1 Å². The number of aryl methyl sites for hydroxylation is 1. The largest absolute Gasteiger partial charge is 0.493 e. The van der Waals surface area contributed by atoms with Crippen LogP contribution in [-0.4, -0.2) is 31.2 Å². The van der Waals surface area contributed by atoms with Crippen LogP contribution in [0.1, 0.15) is 29.0 Å². The van der Waals surface area contributed by atoms with E-state index in [0.29, 0.717) is 24.5 Å². The molecule has 1 heterocycles. The maximum Gasteiger partial charge on any atom is 0.220 e. The summed E-state index contributed by atoms with van der Waals surface area (Å²) in [5.74, 6) is 0.807. The third-order valence-corrected chi connectivity index (χ3v) is 6.15. The Balaban J connectivity index is 1.50. The molecule has 1 atom stereocenters. The van der Waals surface area contributed by atoms with Gasteiger partial charge in [0.1, 0.15) is 5.82 Å². The average Bonchev–Trinajstić information content (AvgIpc) is 3.19. The standard InChI is InChI=1S/C28H29FN2O3/c1-31-18-24(22-6-4-5-7-25(22)31)23(20-9-11-21(29)12-10-20)17-28(32)30-15-14-19-8-13-26(33-2)27(16-19)34-3/h4-13,16,18,23H,14-15,17H2,1-3H3,(H,30,32). The number of halogens is 1. The highest BCUT2D eigenvalue weighted by molar-refractivity contribution is 5.86. The van der Waals surface area contributed by atoms with Gasteiger partial charge in [-0.05, 0) is 53.4 Å². The Bertz CT molecular complexity index is 1280. The van der Waals surface area contributed by atoms with Crippen molar-refractivity contribution in [1.29, 1.82) is 0 Å². The van der Waals surface area contributed by atoms with Gasteiger partial charge in [0.15, 0.2) is 11.5 Å². The van der Waals surface area contributed by atoms with Crippen LogP contribution in [-0.2, 0) is 18.3 Å². The van der Waals surface area contributed by atoms with Gasteiger partial charge in [0, 0.05) is 43.0 Å². The molecule has 6 heteroatoms. The second kappa shape index (κ2) is 10.4. The number of para-hydroxylation sites is 1. The van der Waals surface area contributed by atoms with Crippen LogP contribution in [0.3, 0.4) is 0 Å². The molecule has 4 rings (SSSR count). The summed E-state index contributed by atoms with van der Waals surface area (Å²) in [6.45, 7) is 0.500. The molecule has 0 aliphatic heterocycles. The zero-order valence-electron chi connectivity index (χ0n) is 19.7. The minimum atomic E-state index is -0.292. The SMILES string of the molecule is COc1ccc(CCNC(=O)CC(c2ccc(F)cc2)c2cn(C)c3ccccc23)cc1OC. The summed E-state index contributed by atoms with van der Waals surface area (Å²) >= 11 is 0. The van der Waals surface area contributed by atoms with E-state index in [0.717, 1.165) is 27.6 Å². The minimum absolute atomic E-state index is 0.0530. The van der Waals surface area contributed by atoms with Crippen molar-refractivity contribution < 1.29 is 18.7 Å². The molecule has 0 saturated heterocycles. The van der Waals surface area contributed by atoms with Gasteiger partial charge in [0.2, 0.25) is 5.91 Å². The monoisotopic (exact) mass is 460 g/mol.